The minimum absolute atomic E-state index is 0.0161. The Kier molecular flexibility index (Phi) is 2.67. The molecule has 92 valence electrons. The van der Waals surface area contributed by atoms with E-state index in [1.54, 1.807) is 0 Å². The maximum absolute atomic E-state index is 9.86. The van der Waals surface area contributed by atoms with Gasteiger partial charge in [-0.1, -0.05) is 30.3 Å². The molecular weight excluding hydrogens is 218 g/mol. The van der Waals surface area contributed by atoms with Crippen LogP contribution >= 0.6 is 0 Å². The molecule has 2 aliphatic rings. The van der Waals surface area contributed by atoms with Crippen molar-refractivity contribution in [2.45, 2.75) is 30.8 Å². The molecule has 0 radical (unpaired) electrons. The van der Waals surface area contributed by atoms with E-state index in [2.05, 4.69) is 4.90 Å². The van der Waals surface area contributed by atoms with Crippen molar-refractivity contribution in [3.63, 3.8) is 0 Å². The summed E-state index contributed by atoms with van der Waals surface area (Å²) in [5.74, 6) is -0.210. The van der Waals surface area contributed by atoms with Gasteiger partial charge in [-0.3, -0.25) is 4.90 Å². The summed E-state index contributed by atoms with van der Waals surface area (Å²) in [7, 11) is 0. The van der Waals surface area contributed by atoms with Crippen LogP contribution in [0.25, 0.3) is 0 Å². The number of aliphatic hydroxyl groups excluding tert-OH is 3. The highest BCUT2D eigenvalue weighted by Crippen LogP contribution is 2.47. The van der Waals surface area contributed by atoms with E-state index in [0.29, 0.717) is 0 Å². The number of rotatable bonds is 3. The van der Waals surface area contributed by atoms with Crippen molar-refractivity contribution in [3.05, 3.63) is 35.9 Å². The molecule has 0 aromatic heterocycles. The molecule has 2 fully saturated rings. The minimum atomic E-state index is -0.776. The van der Waals surface area contributed by atoms with Gasteiger partial charge in [0.25, 0.3) is 0 Å². The van der Waals surface area contributed by atoms with Crippen LogP contribution in [0.3, 0.4) is 0 Å². The third kappa shape index (κ3) is 1.68. The summed E-state index contributed by atoms with van der Waals surface area (Å²) < 4.78 is 0. The van der Waals surface area contributed by atoms with Crippen LogP contribution in [-0.4, -0.2) is 51.1 Å². The average Bonchev–Trinajstić information content (AvgIpc) is 2.96. The van der Waals surface area contributed by atoms with E-state index in [-0.39, 0.29) is 24.6 Å². The molecule has 1 heterocycles. The largest absolute Gasteiger partial charge is 0.396 e. The van der Waals surface area contributed by atoms with Gasteiger partial charge >= 0.3 is 0 Å². The molecular formula is C13H17NO3. The number of fused-ring (bicyclic) bond motifs is 1. The van der Waals surface area contributed by atoms with Crippen LogP contribution in [0.1, 0.15) is 5.56 Å². The average molecular weight is 235 g/mol. The third-order valence-corrected chi connectivity index (χ3v) is 4.02. The minimum Gasteiger partial charge on any atom is -0.396 e. The lowest BCUT2D eigenvalue weighted by Crippen LogP contribution is -2.37. The fourth-order valence-electron chi connectivity index (χ4n) is 3.09. The van der Waals surface area contributed by atoms with Crippen molar-refractivity contribution in [1.29, 1.82) is 0 Å². The summed E-state index contributed by atoms with van der Waals surface area (Å²) in [5.41, 5.74) is 1.19. The number of piperidine rings is 1. The molecule has 1 aliphatic heterocycles. The van der Waals surface area contributed by atoms with E-state index in [4.69, 9.17) is 0 Å². The Morgan fingerprint density at radius 1 is 1.00 bits per heavy atom. The van der Waals surface area contributed by atoms with Gasteiger partial charge in [0.05, 0.1) is 24.9 Å². The fourth-order valence-corrected chi connectivity index (χ4v) is 3.09. The van der Waals surface area contributed by atoms with Gasteiger partial charge in [-0.25, -0.2) is 0 Å². The highest BCUT2D eigenvalue weighted by atomic mass is 16.3. The van der Waals surface area contributed by atoms with E-state index in [1.165, 1.54) is 5.56 Å². The van der Waals surface area contributed by atoms with Gasteiger partial charge in [0, 0.05) is 18.5 Å². The highest BCUT2D eigenvalue weighted by molar-refractivity contribution is 5.23. The second-order valence-electron chi connectivity index (χ2n) is 4.97. The lowest BCUT2D eigenvalue weighted by molar-refractivity contribution is -0.0252. The molecule has 3 rings (SSSR count). The zero-order valence-corrected chi connectivity index (χ0v) is 9.48. The van der Waals surface area contributed by atoms with Crippen molar-refractivity contribution in [2.24, 2.45) is 5.92 Å². The number of hydrogen-bond acceptors (Lipinski definition) is 4. The van der Waals surface area contributed by atoms with Crippen LogP contribution in [-0.2, 0) is 6.54 Å². The summed E-state index contributed by atoms with van der Waals surface area (Å²) in [6.07, 6.45) is -1.50. The lowest BCUT2D eigenvalue weighted by atomic mass is 10.0. The Balaban J connectivity index is 1.70. The number of likely N-dealkylation sites (tertiary alicyclic amines) is 1. The van der Waals surface area contributed by atoms with Crippen LogP contribution in [0.2, 0.25) is 0 Å². The summed E-state index contributed by atoms with van der Waals surface area (Å²) in [4.78, 5) is 2.15. The normalized spacial score (nSPS) is 43.5. The molecule has 1 aromatic rings. The topological polar surface area (TPSA) is 63.7 Å². The first-order chi connectivity index (χ1) is 8.24. The summed E-state index contributed by atoms with van der Waals surface area (Å²) in [6.45, 7) is 0.709. The number of aliphatic hydroxyl groups is 3. The van der Waals surface area contributed by atoms with E-state index >= 15 is 0 Å². The van der Waals surface area contributed by atoms with Gasteiger partial charge in [0.2, 0.25) is 0 Å². The first-order valence-corrected chi connectivity index (χ1v) is 6.00. The smallest absolute Gasteiger partial charge is 0.0973 e. The monoisotopic (exact) mass is 235 g/mol. The third-order valence-electron chi connectivity index (χ3n) is 4.02. The van der Waals surface area contributed by atoms with Crippen LogP contribution in [0, 0.1) is 5.92 Å². The Morgan fingerprint density at radius 2 is 1.71 bits per heavy atom. The van der Waals surface area contributed by atoms with Crippen molar-refractivity contribution >= 4 is 0 Å². The molecule has 1 aliphatic carbocycles. The Morgan fingerprint density at radius 3 is 2.35 bits per heavy atom. The zero-order valence-electron chi connectivity index (χ0n) is 9.48. The number of hydrogen-bond donors (Lipinski definition) is 3. The first-order valence-electron chi connectivity index (χ1n) is 6.00. The van der Waals surface area contributed by atoms with Crippen LogP contribution in [0.15, 0.2) is 30.3 Å². The van der Waals surface area contributed by atoms with Crippen molar-refractivity contribution < 1.29 is 15.3 Å². The second-order valence-corrected chi connectivity index (χ2v) is 4.97. The van der Waals surface area contributed by atoms with Crippen molar-refractivity contribution in [2.75, 3.05) is 6.61 Å². The quantitative estimate of drug-likeness (QED) is 0.623. The Labute approximate surface area is 100 Å². The fraction of sp³-hybridized carbons (Fsp3) is 0.538. The van der Waals surface area contributed by atoms with Gasteiger partial charge in [0.1, 0.15) is 0 Å². The molecule has 0 spiro atoms. The molecule has 4 heteroatoms. The Hall–Kier alpha value is -0.940. The van der Waals surface area contributed by atoms with Gasteiger partial charge < -0.3 is 15.3 Å². The van der Waals surface area contributed by atoms with Gasteiger partial charge in [-0.2, -0.15) is 0 Å². The first kappa shape index (κ1) is 11.2. The summed E-state index contributed by atoms with van der Waals surface area (Å²) in [5, 5.41) is 28.8. The lowest BCUT2D eigenvalue weighted by Gasteiger charge is -2.22. The summed E-state index contributed by atoms with van der Waals surface area (Å²) in [6, 6.07) is 10.2. The molecule has 3 N–H and O–H groups in total. The standard InChI is InChI=1S/C13H17NO3/c15-7-9-10-11(13(17)12(9)16)14(10)6-8-4-2-1-3-5-8/h1-5,9-13,15-17H,6-7H2/t9-,10+,11+,12+,13+,14?/m0/s1. The molecule has 17 heavy (non-hydrogen) atoms. The van der Waals surface area contributed by atoms with E-state index < -0.39 is 12.2 Å². The molecule has 1 aromatic carbocycles. The number of benzene rings is 1. The highest BCUT2D eigenvalue weighted by Gasteiger charge is 2.64. The molecule has 6 atom stereocenters. The molecule has 1 saturated heterocycles. The predicted octanol–water partition coefficient (Wildman–Crippen LogP) is -0.417. The Bertz CT molecular complexity index is 397. The molecule has 4 nitrogen and oxygen atoms in total. The van der Waals surface area contributed by atoms with E-state index in [9.17, 15) is 15.3 Å². The van der Waals surface area contributed by atoms with Crippen LogP contribution in [0.5, 0.6) is 0 Å². The van der Waals surface area contributed by atoms with Gasteiger partial charge in [-0.05, 0) is 5.56 Å². The summed E-state index contributed by atoms with van der Waals surface area (Å²) >= 11 is 0. The van der Waals surface area contributed by atoms with Crippen LogP contribution in [0.4, 0.5) is 0 Å². The van der Waals surface area contributed by atoms with E-state index in [1.807, 2.05) is 30.3 Å². The van der Waals surface area contributed by atoms with Gasteiger partial charge in [0.15, 0.2) is 0 Å². The zero-order chi connectivity index (χ0) is 12.0. The van der Waals surface area contributed by atoms with Crippen molar-refractivity contribution in [1.82, 2.24) is 4.90 Å². The maximum Gasteiger partial charge on any atom is 0.0973 e. The van der Waals surface area contributed by atoms with Gasteiger partial charge in [-0.15, -0.1) is 0 Å². The molecule has 0 bridgehead atoms. The second kappa shape index (κ2) is 4.07. The maximum atomic E-state index is 9.86. The predicted molar refractivity (Wildman–Crippen MR) is 62.2 cm³/mol. The van der Waals surface area contributed by atoms with E-state index in [0.717, 1.165) is 6.54 Å². The van der Waals surface area contributed by atoms with Crippen LogP contribution < -0.4 is 0 Å². The molecule has 1 unspecified atom stereocenters. The number of nitrogens with zero attached hydrogens (tertiary/aromatic N) is 1. The molecule has 1 saturated carbocycles. The SMILES string of the molecule is OC[C@@H]1[C@@H](O)[C@H](O)[C@H]2[C@@H]1N2Cc1ccccc1. The molecule has 0 amide bonds. The van der Waals surface area contributed by atoms with Crippen molar-refractivity contribution in [3.8, 4) is 0 Å².